The second-order valence-electron chi connectivity index (χ2n) is 7.36. The third-order valence-corrected chi connectivity index (χ3v) is 9.70. The summed E-state index contributed by atoms with van der Waals surface area (Å²) in [7, 11) is -1.96. The molecule has 2 aromatic heterocycles. The van der Waals surface area contributed by atoms with Crippen molar-refractivity contribution in [3.8, 4) is 0 Å². The van der Waals surface area contributed by atoms with Gasteiger partial charge in [-0.15, -0.1) is 11.3 Å². The Morgan fingerprint density at radius 2 is 2.06 bits per heavy atom. The largest absolute Gasteiger partial charge is 0.462 e. The lowest BCUT2D eigenvalue weighted by Gasteiger charge is -2.31. The molecule has 11 heteroatoms. The van der Waals surface area contributed by atoms with Crippen molar-refractivity contribution in [2.75, 3.05) is 13.2 Å². The van der Waals surface area contributed by atoms with E-state index in [0.717, 1.165) is 28.0 Å². The predicted octanol–water partition coefficient (Wildman–Crippen LogP) is 3.15. The molecule has 0 saturated carbocycles. The van der Waals surface area contributed by atoms with Crippen molar-refractivity contribution in [3.05, 3.63) is 46.1 Å². The van der Waals surface area contributed by atoms with E-state index in [1.807, 2.05) is 0 Å². The fourth-order valence-electron chi connectivity index (χ4n) is 3.72. The van der Waals surface area contributed by atoms with Gasteiger partial charge in [0.25, 0.3) is 15.9 Å². The van der Waals surface area contributed by atoms with Crippen LogP contribution in [0.25, 0.3) is 10.2 Å². The number of thiophene rings is 1. The summed E-state index contributed by atoms with van der Waals surface area (Å²) in [6.07, 6.45) is 1.92. The molecule has 1 aliphatic rings. The second-order valence-corrected chi connectivity index (χ2v) is 11.4. The van der Waals surface area contributed by atoms with Gasteiger partial charge in [-0.2, -0.15) is 9.30 Å². The summed E-state index contributed by atoms with van der Waals surface area (Å²) in [5.41, 5.74) is 1.25. The summed E-state index contributed by atoms with van der Waals surface area (Å²) < 4.78 is 35.3. The van der Waals surface area contributed by atoms with E-state index in [9.17, 15) is 18.0 Å². The number of benzene rings is 1. The maximum Gasteiger partial charge on any atom is 0.338 e. The number of carbonyl (C=O) groups excluding carboxylic acids is 2. The molecule has 3 aromatic rings. The number of rotatable bonds is 5. The number of aryl methyl sites for hydroxylation is 1. The molecule has 1 atom stereocenters. The molecule has 0 N–H and O–H groups in total. The van der Waals surface area contributed by atoms with E-state index >= 15 is 0 Å². The van der Waals surface area contributed by atoms with E-state index in [1.165, 1.54) is 15.6 Å². The van der Waals surface area contributed by atoms with Crippen LogP contribution in [0.2, 0.25) is 0 Å². The summed E-state index contributed by atoms with van der Waals surface area (Å²) in [5.74, 6) is -0.880. The monoisotopic (exact) mass is 493 g/mol. The smallest absolute Gasteiger partial charge is 0.338 e. The number of nitrogens with zero attached hydrogens (tertiary/aromatic N) is 3. The maximum atomic E-state index is 13.1. The summed E-state index contributed by atoms with van der Waals surface area (Å²) in [6.45, 7) is 2.33. The van der Waals surface area contributed by atoms with Crippen LogP contribution in [0.15, 0.2) is 44.9 Å². The average molecular weight is 494 g/mol. The minimum atomic E-state index is -3.74. The standard InChI is InChI=1S/C21H23N3O5S3/c1-3-29-20(26)14-9-10-15-17(13-14)31-21(23(15)2)22-19(25)16-7-4-5-11-24(16)32(27,28)18-8-6-12-30-18/h6,8-10,12-13,16H,3-5,7,11H2,1-2H3. The van der Waals surface area contributed by atoms with Crippen molar-refractivity contribution in [2.45, 2.75) is 36.4 Å². The number of piperidine rings is 1. The predicted molar refractivity (Wildman–Crippen MR) is 123 cm³/mol. The Kier molecular flexibility index (Phi) is 6.61. The van der Waals surface area contributed by atoms with Gasteiger partial charge in [0.2, 0.25) is 0 Å². The molecule has 1 amide bonds. The van der Waals surface area contributed by atoms with Crippen molar-refractivity contribution in [3.63, 3.8) is 0 Å². The number of hydrogen-bond acceptors (Lipinski definition) is 7. The summed E-state index contributed by atoms with van der Waals surface area (Å²) in [4.78, 5) is 29.9. The zero-order valence-corrected chi connectivity index (χ0v) is 20.1. The molecule has 1 unspecified atom stereocenters. The quantitative estimate of drug-likeness (QED) is 0.509. The SMILES string of the molecule is CCOC(=O)c1ccc2c(c1)sc(=NC(=O)C1CCCCN1S(=O)(=O)c1cccs1)n2C. The normalized spacial score (nSPS) is 18.2. The van der Waals surface area contributed by atoms with Gasteiger partial charge in [0, 0.05) is 13.6 Å². The van der Waals surface area contributed by atoms with Crippen LogP contribution in [-0.4, -0.2) is 48.4 Å². The number of fused-ring (bicyclic) bond motifs is 1. The highest BCUT2D eigenvalue weighted by Gasteiger charge is 2.38. The van der Waals surface area contributed by atoms with Crippen LogP contribution in [0, 0.1) is 0 Å². The molecule has 8 nitrogen and oxygen atoms in total. The third-order valence-electron chi connectivity index (χ3n) is 5.32. The highest BCUT2D eigenvalue weighted by molar-refractivity contribution is 7.91. The Balaban J connectivity index is 1.68. The van der Waals surface area contributed by atoms with Crippen LogP contribution >= 0.6 is 22.7 Å². The minimum absolute atomic E-state index is 0.233. The van der Waals surface area contributed by atoms with Crippen LogP contribution in [0.5, 0.6) is 0 Å². The van der Waals surface area contributed by atoms with E-state index < -0.39 is 27.9 Å². The molecule has 1 aromatic carbocycles. The Morgan fingerprint density at radius 1 is 1.25 bits per heavy atom. The first-order chi connectivity index (χ1) is 15.3. The van der Waals surface area contributed by atoms with Crippen LogP contribution in [0.4, 0.5) is 0 Å². The van der Waals surface area contributed by atoms with E-state index in [0.29, 0.717) is 29.8 Å². The van der Waals surface area contributed by atoms with Gasteiger partial charge in [-0.3, -0.25) is 4.79 Å². The number of ether oxygens (including phenoxy) is 1. The molecule has 1 saturated heterocycles. The Morgan fingerprint density at radius 3 is 2.78 bits per heavy atom. The van der Waals surface area contributed by atoms with Crippen LogP contribution in [0.3, 0.4) is 0 Å². The van der Waals surface area contributed by atoms with Gasteiger partial charge < -0.3 is 9.30 Å². The highest BCUT2D eigenvalue weighted by Crippen LogP contribution is 2.28. The fraction of sp³-hybridized carbons (Fsp3) is 0.381. The summed E-state index contributed by atoms with van der Waals surface area (Å²) >= 11 is 2.42. The lowest BCUT2D eigenvalue weighted by Crippen LogP contribution is -2.47. The third kappa shape index (κ3) is 4.29. The fourth-order valence-corrected chi connectivity index (χ4v) is 7.55. The van der Waals surface area contributed by atoms with Crippen molar-refractivity contribution in [2.24, 2.45) is 12.0 Å². The first-order valence-corrected chi connectivity index (χ1v) is 13.4. The Hall–Kier alpha value is -2.34. The van der Waals surface area contributed by atoms with Crippen molar-refractivity contribution in [1.82, 2.24) is 8.87 Å². The molecular weight excluding hydrogens is 470 g/mol. The summed E-state index contributed by atoms with van der Waals surface area (Å²) in [5, 5.41) is 1.71. The van der Waals surface area contributed by atoms with Gasteiger partial charge in [-0.25, -0.2) is 13.2 Å². The molecule has 4 rings (SSSR count). The van der Waals surface area contributed by atoms with Gasteiger partial charge in [0.15, 0.2) is 4.80 Å². The van der Waals surface area contributed by atoms with Crippen LogP contribution in [0.1, 0.15) is 36.5 Å². The van der Waals surface area contributed by atoms with E-state index in [4.69, 9.17) is 4.74 Å². The number of esters is 1. The summed E-state index contributed by atoms with van der Waals surface area (Å²) in [6, 6.07) is 7.60. The number of hydrogen-bond donors (Lipinski definition) is 0. The van der Waals surface area contributed by atoms with E-state index in [2.05, 4.69) is 4.99 Å². The first kappa shape index (κ1) is 22.8. The Bertz CT molecular complexity index is 1320. The zero-order chi connectivity index (χ0) is 22.9. The number of sulfonamides is 1. The van der Waals surface area contributed by atoms with Crippen LogP contribution < -0.4 is 4.80 Å². The lowest BCUT2D eigenvalue weighted by atomic mass is 10.0. The number of thiazole rings is 1. The maximum absolute atomic E-state index is 13.1. The van der Waals surface area contributed by atoms with Gasteiger partial charge in [-0.05, 0) is 49.4 Å². The zero-order valence-electron chi connectivity index (χ0n) is 17.7. The second kappa shape index (κ2) is 9.26. The van der Waals surface area contributed by atoms with Crippen molar-refractivity contribution in [1.29, 1.82) is 0 Å². The molecule has 0 spiro atoms. The number of aromatic nitrogens is 1. The molecular formula is C21H23N3O5S3. The molecule has 3 heterocycles. The number of amides is 1. The minimum Gasteiger partial charge on any atom is -0.462 e. The molecule has 0 aliphatic carbocycles. The Labute approximate surface area is 193 Å². The van der Waals surface area contributed by atoms with Crippen molar-refractivity contribution < 1.29 is 22.7 Å². The number of carbonyl (C=O) groups is 2. The first-order valence-electron chi connectivity index (χ1n) is 10.2. The lowest BCUT2D eigenvalue weighted by molar-refractivity contribution is -0.122. The molecule has 170 valence electrons. The van der Waals surface area contributed by atoms with Gasteiger partial charge in [0.1, 0.15) is 10.3 Å². The van der Waals surface area contributed by atoms with E-state index in [1.54, 1.807) is 54.3 Å². The van der Waals surface area contributed by atoms with E-state index in [-0.39, 0.29) is 10.8 Å². The highest BCUT2D eigenvalue weighted by atomic mass is 32.2. The average Bonchev–Trinajstić information content (AvgIpc) is 3.43. The molecule has 32 heavy (non-hydrogen) atoms. The molecule has 0 bridgehead atoms. The topological polar surface area (TPSA) is 98.0 Å². The van der Waals surface area contributed by atoms with Gasteiger partial charge in [-0.1, -0.05) is 23.8 Å². The molecule has 1 aliphatic heterocycles. The van der Waals surface area contributed by atoms with Gasteiger partial charge in [0.05, 0.1) is 22.4 Å². The molecule has 0 radical (unpaired) electrons. The van der Waals surface area contributed by atoms with Crippen molar-refractivity contribution >= 4 is 54.8 Å². The van der Waals surface area contributed by atoms with Crippen LogP contribution in [-0.2, 0) is 26.6 Å². The van der Waals surface area contributed by atoms with Gasteiger partial charge >= 0.3 is 5.97 Å². The molecule has 1 fully saturated rings.